The molecule has 0 aliphatic carbocycles. The molecule has 0 bridgehead atoms. The van der Waals surface area contributed by atoms with Gasteiger partial charge in [-0.05, 0) is 13.0 Å². The maximum atomic E-state index is 11.6. The molecule has 0 rings (SSSR count). The molecule has 0 aliphatic heterocycles. The van der Waals surface area contributed by atoms with Crippen molar-refractivity contribution < 1.29 is 13.2 Å². The minimum Gasteiger partial charge on any atom is -0.201 e. The minimum atomic E-state index is -2.27. The molecular formula is C5H5F3. The Bertz CT molecular complexity index is 120. The molecule has 0 nitrogen and oxygen atoms in total. The molecule has 0 aromatic carbocycles. The summed E-state index contributed by atoms with van der Waals surface area (Å²) in [6, 6.07) is 0. The maximum absolute atomic E-state index is 11.6. The zero-order valence-electron chi connectivity index (χ0n) is 4.29. The lowest BCUT2D eigenvalue weighted by atomic mass is 10.5. The molecule has 0 saturated carbocycles. The minimum absolute atomic E-state index is 0.704. The summed E-state index contributed by atoms with van der Waals surface area (Å²) < 4.78 is 33.7. The van der Waals surface area contributed by atoms with Crippen LogP contribution in [-0.4, -0.2) is 0 Å². The van der Waals surface area contributed by atoms with Crippen LogP contribution in [0.5, 0.6) is 0 Å². The molecular weight excluding hydrogens is 117 g/mol. The number of allylic oxidation sites excluding steroid dienone is 3. The van der Waals surface area contributed by atoms with Crippen molar-refractivity contribution in [3.05, 3.63) is 24.1 Å². The van der Waals surface area contributed by atoms with Gasteiger partial charge in [0.05, 0.1) is 0 Å². The van der Waals surface area contributed by atoms with Gasteiger partial charge in [0, 0.05) is 0 Å². The van der Waals surface area contributed by atoms with Crippen molar-refractivity contribution >= 4 is 0 Å². The largest absolute Gasteiger partial charge is 0.305 e. The summed E-state index contributed by atoms with van der Waals surface area (Å²) in [5, 5.41) is 0. The summed E-state index contributed by atoms with van der Waals surface area (Å²) in [6.07, 6.45) is -0.368. The lowest BCUT2D eigenvalue weighted by Gasteiger charge is -1.79. The Labute approximate surface area is 45.3 Å². The van der Waals surface area contributed by atoms with E-state index in [4.69, 9.17) is 0 Å². The molecule has 0 aromatic heterocycles. The highest BCUT2D eigenvalue weighted by atomic mass is 19.3. The molecule has 0 aliphatic rings. The summed E-state index contributed by atoms with van der Waals surface area (Å²) in [6.45, 7) is 1.46. The Kier molecular flexibility index (Phi) is 2.99. The molecule has 0 spiro atoms. The van der Waals surface area contributed by atoms with E-state index in [1.165, 1.54) is 13.0 Å². The van der Waals surface area contributed by atoms with Crippen LogP contribution in [0.25, 0.3) is 0 Å². The van der Waals surface area contributed by atoms with Crippen molar-refractivity contribution in [1.29, 1.82) is 0 Å². The van der Waals surface area contributed by atoms with E-state index in [2.05, 4.69) is 0 Å². The third-order valence-corrected chi connectivity index (χ3v) is 0.494. The highest BCUT2D eigenvalue weighted by Gasteiger charge is 1.96. The highest BCUT2D eigenvalue weighted by molar-refractivity contribution is 5.09. The second kappa shape index (κ2) is 3.29. The third-order valence-electron chi connectivity index (χ3n) is 0.494. The van der Waals surface area contributed by atoms with E-state index in [0.29, 0.717) is 6.08 Å². The van der Waals surface area contributed by atoms with Crippen LogP contribution in [0, 0.1) is 0 Å². The average molecular weight is 122 g/mol. The van der Waals surface area contributed by atoms with Gasteiger partial charge in [-0.2, -0.15) is 8.78 Å². The standard InChI is InChI=1S/C5H5F3/c1-2-3-4(6)5(7)8/h2-3H,1H3/b3-2-. The van der Waals surface area contributed by atoms with Crippen LogP contribution >= 0.6 is 0 Å². The lowest BCUT2D eigenvalue weighted by Crippen LogP contribution is -1.64. The van der Waals surface area contributed by atoms with Crippen LogP contribution in [0.3, 0.4) is 0 Å². The number of hydrogen-bond donors (Lipinski definition) is 0. The Balaban J connectivity index is 4.00. The molecule has 0 fully saturated rings. The molecule has 0 radical (unpaired) electrons. The van der Waals surface area contributed by atoms with Gasteiger partial charge in [0.2, 0.25) is 0 Å². The molecule has 3 heteroatoms. The summed E-state index contributed by atoms with van der Waals surface area (Å²) in [7, 11) is 0. The predicted molar refractivity (Wildman–Crippen MR) is 25.2 cm³/mol. The molecule has 0 atom stereocenters. The van der Waals surface area contributed by atoms with E-state index in [1.807, 2.05) is 0 Å². The molecule has 0 amide bonds. The van der Waals surface area contributed by atoms with E-state index in [9.17, 15) is 13.2 Å². The third kappa shape index (κ3) is 2.44. The summed E-state index contributed by atoms with van der Waals surface area (Å²) >= 11 is 0. The van der Waals surface area contributed by atoms with Crippen LogP contribution in [0.2, 0.25) is 0 Å². The quantitative estimate of drug-likeness (QED) is 0.469. The van der Waals surface area contributed by atoms with Gasteiger partial charge in [0.25, 0.3) is 0 Å². The van der Waals surface area contributed by atoms with Crippen LogP contribution in [-0.2, 0) is 0 Å². The summed E-state index contributed by atoms with van der Waals surface area (Å²) in [5.74, 6) is -1.47. The lowest BCUT2D eigenvalue weighted by molar-refractivity contribution is 0.387. The van der Waals surface area contributed by atoms with Crippen LogP contribution in [0.4, 0.5) is 13.2 Å². The number of hydrogen-bond acceptors (Lipinski definition) is 0. The first-order valence-corrected chi connectivity index (χ1v) is 2.02. The van der Waals surface area contributed by atoms with Crippen molar-refractivity contribution in [2.45, 2.75) is 6.92 Å². The fourth-order valence-electron chi connectivity index (χ4n) is 0.209. The van der Waals surface area contributed by atoms with Gasteiger partial charge >= 0.3 is 6.08 Å². The Morgan fingerprint density at radius 1 is 1.25 bits per heavy atom. The van der Waals surface area contributed by atoms with Crippen molar-refractivity contribution in [3.8, 4) is 0 Å². The number of rotatable bonds is 1. The van der Waals surface area contributed by atoms with Gasteiger partial charge in [0.1, 0.15) is 0 Å². The van der Waals surface area contributed by atoms with Gasteiger partial charge in [-0.25, -0.2) is 4.39 Å². The molecule has 0 aromatic rings. The fraction of sp³-hybridized carbons (Fsp3) is 0.200. The SMILES string of the molecule is C/C=C\C(F)=C(F)F. The second-order valence-electron chi connectivity index (χ2n) is 1.11. The van der Waals surface area contributed by atoms with Gasteiger partial charge in [-0.1, -0.05) is 6.08 Å². The van der Waals surface area contributed by atoms with Crippen molar-refractivity contribution in [1.82, 2.24) is 0 Å². The van der Waals surface area contributed by atoms with Crippen LogP contribution in [0.1, 0.15) is 6.92 Å². The average Bonchev–Trinajstić information content (AvgIpc) is 1.67. The molecule has 0 heterocycles. The van der Waals surface area contributed by atoms with E-state index in [0.717, 1.165) is 0 Å². The summed E-state index contributed by atoms with van der Waals surface area (Å²) in [5.41, 5.74) is 0. The topological polar surface area (TPSA) is 0 Å². The van der Waals surface area contributed by atoms with Crippen LogP contribution < -0.4 is 0 Å². The first-order valence-electron chi connectivity index (χ1n) is 2.02. The molecule has 0 unspecified atom stereocenters. The first-order chi connectivity index (χ1) is 3.68. The fourth-order valence-corrected chi connectivity index (χ4v) is 0.209. The molecule has 8 heavy (non-hydrogen) atoms. The molecule has 46 valence electrons. The molecule has 0 N–H and O–H groups in total. The van der Waals surface area contributed by atoms with E-state index in [1.54, 1.807) is 0 Å². The highest BCUT2D eigenvalue weighted by Crippen LogP contribution is 2.09. The van der Waals surface area contributed by atoms with Gasteiger partial charge in [-0.15, -0.1) is 0 Å². The maximum Gasteiger partial charge on any atom is 0.305 e. The van der Waals surface area contributed by atoms with Crippen LogP contribution in [0.15, 0.2) is 24.1 Å². The van der Waals surface area contributed by atoms with E-state index >= 15 is 0 Å². The Hall–Kier alpha value is -0.730. The summed E-state index contributed by atoms with van der Waals surface area (Å²) in [4.78, 5) is 0. The second-order valence-corrected chi connectivity index (χ2v) is 1.11. The Morgan fingerprint density at radius 2 is 1.75 bits per heavy atom. The van der Waals surface area contributed by atoms with E-state index in [-0.39, 0.29) is 0 Å². The Morgan fingerprint density at radius 3 is 1.88 bits per heavy atom. The predicted octanol–water partition coefficient (Wildman–Crippen LogP) is 2.64. The zero-order chi connectivity index (χ0) is 6.57. The van der Waals surface area contributed by atoms with Gasteiger partial charge < -0.3 is 0 Å². The van der Waals surface area contributed by atoms with Crippen molar-refractivity contribution in [3.63, 3.8) is 0 Å². The number of halogens is 3. The first kappa shape index (κ1) is 7.27. The van der Waals surface area contributed by atoms with Gasteiger partial charge in [0.15, 0.2) is 5.83 Å². The zero-order valence-corrected chi connectivity index (χ0v) is 4.29. The van der Waals surface area contributed by atoms with Gasteiger partial charge in [-0.3, -0.25) is 0 Å². The molecule has 0 saturated heterocycles. The van der Waals surface area contributed by atoms with Crippen molar-refractivity contribution in [2.24, 2.45) is 0 Å². The monoisotopic (exact) mass is 122 g/mol. The van der Waals surface area contributed by atoms with E-state index < -0.39 is 11.9 Å². The normalized spacial score (nSPS) is 10.0. The smallest absolute Gasteiger partial charge is 0.201 e. The van der Waals surface area contributed by atoms with Crippen molar-refractivity contribution in [2.75, 3.05) is 0 Å².